The zero-order valence-corrected chi connectivity index (χ0v) is 10.4. The number of ether oxygens (including phenoxy) is 1. The average Bonchev–Trinajstić information content (AvgIpc) is 2.34. The Labute approximate surface area is 110 Å². The van der Waals surface area contributed by atoms with Crippen LogP contribution in [0.5, 0.6) is 11.6 Å². The first-order valence-corrected chi connectivity index (χ1v) is 5.59. The molecule has 5 heteroatoms. The molecule has 2 aromatic rings. The van der Waals surface area contributed by atoms with Crippen LogP contribution in [0.4, 0.5) is 5.69 Å². The Morgan fingerprint density at radius 3 is 2.83 bits per heavy atom. The van der Waals surface area contributed by atoms with Crippen molar-refractivity contribution in [3.05, 3.63) is 46.6 Å². The molecule has 0 fully saturated rings. The Morgan fingerprint density at radius 2 is 2.17 bits per heavy atom. The highest BCUT2D eigenvalue weighted by Crippen LogP contribution is 2.35. The third-order valence-electron chi connectivity index (χ3n) is 2.43. The maximum Gasteiger partial charge on any atom is 0.237 e. The molecule has 0 bridgehead atoms. The van der Waals surface area contributed by atoms with Crippen molar-refractivity contribution in [3.8, 4) is 17.7 Å². The van der Waals surface area contributed by atoms with Gasteiger partial charge in [0, 0.05) is 6.20 Å². The van der Waals surface area contributed by atoms with Crippen LogP contribution in [-0.4, -0.2) is 4.98 Å². The first-order chi connectivity index (χ1) is 8.63. The average molecular weight is 260 g/mol. The van der Waals surface area contributed by atoms with Gasteiger partial charge in [-0.25, -0.2) is 4.98 Å². The molecule has 0 aliphatic carbocycles. The van der Waals surface area contributed by atoms with E-state index in [0.29, 0.717) is 22.0 Å². The Balaban J connectivity index is 2.48. The van der Waals surface area contributed by atoms with Gasteiger partial charge in [0.25, 0.3) is 0 Å². The van der Waals surface area contributed by atoms with Gasteiger partial charge in [0.15, 0.2) is 5.75 Å². The Morgan fingerprint density at radius 1 is 1.39 bits per heavy atom. The van der Waals surface area contributed by atoms with Crippen molar-refractivity contribution < 1.29 is 4.74 Å². The summed E-state index contributed by atoms with van der Waals surface area (Å²) in [4.78, 5) is 4.03. The Kier molecular flexibility index (Phi) is 3.35. The lowest BCUT2D eigenvalue weighted by Crippen LogP contribution is -1.97. The monoisotopic (exact) mass is 259 g/mol. The summed E-state index contributed by atoms with van der Waals surface area (Å²) in [5.41, 5.74) is 7.33. The molecule has 0 amide bonds. The lowest BCUT2D eigenvalue weighted by molar-refractivity contribution is 0.463. The molecule has 0 radical (unpaired) electrons. The summed E-state index contributed by atoms with van der Waals surface area (Å²) in [5, 5.41) is 9.46. The smallest absolute Gasteiger partial charge is 0.237 e. The molecule has 18 heavy (non-hydrogen) atoms. The number of nitrogens with two attached hydrogens (primary N) is 1. The number of hydrogen-bond acceptors (Lipinski definition) is 4. The summed E-state index contributed by atoms with van der Waals surface area (Å²) in [6.07, 6.45) is 1.57. The molecule has 1 aromatic carbocycles. The van der Waals surface area contributed by atoms with Crippen LogP contribution in [-0.2, 0) is 0 Å². The van der Waals surface area contributed by atoms with Crippen LogP contribution < -0.4 is 10.5 Å². The quantitative estimate of drug-likeness (QED) is 0.840. The molecule has 0 aliphatic heterocycles. The van der Waals surface area contributed by atoms with E-state index in [-0.39, 0.29) is 5.88 Å². The SMILES string of the molecule is Cc1ccnc(Oc2c(N)cccc2Cl)c1C#N. The zero-order valence-electron chi connectivity index (χ0n) is 9.64. The van der Waals surface area contributed by atoms with Gasteiger partial charge in [0.05, 0.1) is 10.7 Å². The van der Waals surface area contributed by atoms with Gasteiger partial charge in [-0.05, 0) is 30.7 Å². The van der Waals surface area contributed by atoms with Crippen LogP contribution in [0, 0.1) is 18.3 Å². The molecule has 0 spiro atoms. The van der Waals surface area contributed by atoms with Crippen LogP contribution in [0.25, 0.3) is 0 Å². The number of anilines is 1. The van der Waals surface area contributed by atoms with Gasteiger partial charge in [0.2, 0.25) is 5.88 Å². The van der Waals surface area contributed by atoms with Crippen molar-refractivity contribution in [1.29, 1.82) is 5.26 Å². The number of nitriles is 1. The fourth-order valence-corrected chi connectivity index (χ4v) is 1.70. The van der Waals surface area contributed by atoms with Crippen molar-refractivity contribution in [2.75, 3.05) is 5.73 Å². The number of para-hydroxylation sites is 1. The van der Waals surface area contributed by atoms with Crippen LogP contribution in [0.2, 0.25) is 5.02 Å². The van der Waals surface area contributed by atoms with E-state index >= 15 is 0 Å². The summed E-state index contributed by atoms with van der Waals surface area (Å²) >= 11 is 6.00. The number of aromatic nitrogens is 1. The van der Waals surface area contributed by atoms with Gasteiger partial charge in [-0.1, -0.05) is 17.7 Å². The number of nitrogens with zero attached hydrogens (tertiary/aromatic N) is 2. The molecule has 2 rings (SSSR count). The minimum atomic E-state index is 0.206. The normalized spacial score (nSPS) is 9.83. The van der Waals surface area contributed by atoms with Gasteiger partial charge in [-0.3, -0.25) is 0 Å². The summed E-state index contributed by atoms with van der Waals surface area (Å²) in [5.74, 6) is 0.520. The van der Waals surface area contributed by atoms with E-state index in [4.69, 9.17) is 27.3 Å². The molecule has 1 aromatic heterocycles. The maximum atomic E-state index is 9.08. The van der Waals surface area contributed by atoms with Crippen LogP contribution in [0.1, 0.15) is 11.1 Å². The molecule has 0 saturated heterocycles. The maximum absolute atomic E-state index is 9.08. The third kappa shape index (κ3) is 2.22. The van der Waals surface area contributed by atoms with Gasteiger partial charge >= 0.3 is 0 Å². The second-order valence-corrected chi connectivity index (χ2v) is 4.09. The number of halogens is 1. The van der Waals surface area contributed by atoms with Crippen molar-refractivity contribution in [1.82, 2.24) is 4.98 Å². The lowest BCUT2D eigenvalue weighted by atomic mass is 10.2. The molecule has 2 N–H and O–H groups in total. The number of pyridine rings is 1. The summed E-state index contributed by atoms with van der Waals surface area (Å²) in [7, 11) is 0. The minimum Gasteiger partial charge on any atom is -0.434 e. The number of rotatable bonds is 2. The second-order valence-electron chi connectivity index (χ2n) is 3.68. The fourth-order valence-electron chi connectivity index (χ4n) is 1.48. The van der Waals surface area contributed by atoms with Crippen molar-refractivity contribution in [3.63, 3.8) is 0 Å². The van der Waals surface area contributed by atoms with Gasteiger partial charge in [0.1, 0.15) is 11.6 Å². The highest BCUT2D eigenvalue weighted by molar-refractivity contribution is 6.32. The van der Waals surface area contributed by atoms with Crippen LogP contribution in [0.3, 0.4) is 0 Å². The predicted molar refractivity (Wildman–Crippen MR) is 69.6 cm³/mol. The molecule has 1 heterocycles. The molecule has 4 nitrogen and oxygen atoms in total. The molecular formula is C13H10ClN3O. The van der Waals surface area contributed by atoms with Crippen molar-refractivity contribution in [2.24, 2.45) is 0 Å². The van der Waals surface area contributed by atoms with Crippen LogP contribution >= 0.6 is 11.6 Å². The summed E-state index contributed by atoms with van der Waals surface area (Å²) < 4.78 is 5.55. The van der Waals surface area contributed by atoms with Crippen molar-refractivity contribution >= 4 is 17.3 Å². The highest BCUT2D eigenvalue weighted by Gasteiger charge is 2.13. The van der Waals surface area contributed by atoms with Gasteiger partial charge in [-0.15, -0.1) is 0 Å². The zero-order chi connectivity index (χ0) is 13.1. The molecule has 0 unspecified atom stereocenters. The van der Waals surface area contributed by atoms with Gasteiger partial charge < -0.3 is 10.5 Å². The number of hydrogen-bond donors (Lipinski definition) is 1. The molecular weight excluding hydrogens is 250 g/mol. The molecule has 0 atom stereocenters. The lowest BCUT2D eigenvalue weighted by Gasteiger charge is -2.10. The summed E-state index contributed by atoms with van der Waals surface area (Å²) in [6.45, 7) is 1.81. The van der Waals surface area contributed by atoms with E-state index in [1.54, 1.807) is 30.5 Å². The first kappa shape index (κ1) is 12.2. The Bertz CT molecular complexity index is 614. The predicted octanol–water partition coefficient (Wildman–Crippen LogP) is 3.29. The van der Waals surface area contributed by atoms with E-state index in [2.05, 4.69) is 11.1 Å². The Hall–Kier alpha value is -2.25. The van der Waals surface area contributed by atoms with E-state index in [1.807, 2.05) is 6.92 Å². The fraction of sp³-hybridized carbons (Fsp3) is 0.0769. The van der Waals surface area contributed by atoms with Gasteiger partial charge in [-0.2, -0.15) is 5.26 Å². The molecule has 0 saturated carbocycles. The number of benzene rings is 1. The van der Waals surface area contributed by atoms with Crippen molar-refractivity contribution in [2.45, 2.75) is 6.92 Å². The number of aryl methyl sites for hydroxylation is 1. The second kappa shape index (κ2) is 4.94. The largest absolute Gasteiger partial charge is 0.434 e. The number of nitrogen functional groups attached to an aromatic ring is 1. The highest BCUT2D eigenvalue weighted by atomic mass is 35.5. The van der Waals surface area contributed by atoms with Crippen LogP contribution in [0.15, 0.2) is 30.5 Å². The topological polar surface area (TPSA) is 71.9 Å². The molecule has 90 valence electrons. The standard InChI is InChI=1S/C13H10ClN3O/c1-8-5-6-17-13(9(8)7-15)18-12-10(14)3-2-4-11(12)16/h2-6H,16H2,1H3. The summed E-state index contributed by atoms with van der Waals surface area (Å²) in [6, 6.07) is 8.84. The first-order valence-electron chi connectivity index (χ1n) is 5.21. The third-order valence-corrected chi connectivity index (χ3v) is 2.73. The minimum absolute atomic E-state index is 0.206. The van der Waals surface area contributed by atoms with E-state index in [9.17, 15) is 0 Å². The molecule has 0 aliphatic rings. The van der Waals surface area contributed by atoms with E-state index < -0.39 is 0 Å². The van der Waals surface area contributed by atoms with E-state index in [1.165, 1.54) is 0 Å². The van der Waals surface area contributed by atoms with E-state index in [0.717, 1.165) is 5.56 Å².